The summed E-state index contributed by atoms with van der Waals surface area (Å²) < 4.78 is 16.8. The summed E-state index contributed by atoms with van der Waals surface area (Å²) in [4.78, 5) is 38.0. The molecule has 6 nitrogen and oxygen atoms in total. The molecule has 0 radical (unpaired) electrons. The maximum Gasteiger partial charge on any atom is 0.306 e. The first-order chi connectivity index (χ1) is 31.0. The van der Waals surface area contributed by atoms with Gasteiger partial charge >= 0.3 is 17.9 Å². The zero-order valence-electron chi connectivity index (χ0n) is 41.6. The van der Waals surface area contributed by atoms with Crippen molar-refractivity contribution >= 4 is 17.9 Å². The first kappa shape index (κ1) is 60.1. The van der Waals surface area contributed by atoms with Gasteiger partial charge in [-0.1, -0.05) is 216 Å². The minimum atomic E-state index is -0.786. The first-order valence-corrected chi connectivity index (χ1v) is 26.8. The molecular weight excluding hydrogens is 781 g/mol. The zero-order chi connectivity index (χ0) is 45.8. The molecule has 0 rings (SSSR count). The van der Waals surface area contributed by atoms with Gasteiger partial charge in [-0.05, 0) is 89.9 Å². The summed E-state index contributed by atoms with van der Waals surface area (Å²) in [6.07, 6.45) is 63.4. The number of ether oxygens (including phenoxy) is 3. The molecule has 0 aromatic rings. The van der Waals surface area contributed by atoms with Gasteiger partial charge < -0.3 is 14.2 Å². The molecule has 1 atom stereocenters. The van der Waals surface area contributed by atoms with E-state index in [1.165, 1.54) is 141 Å². The quantitative estimate of drug-likeness (QED) is 0.0262. The normalized spacial score (nSPS) is 12.5. The lowest BCUT2D eigenvalue weighted by atomic mass is 10.1. The van der Waals surface area contributed by atoms with E-state index < -0.39 is 6.10 Å². The van der Waals surface area contributed by atoms with Crippen LogP contribution in [0.4, 0.5) is 0 Å². The maximum absolute atomic E-state index is 12.8. The van der Waals surface area contributed by atoms with Crippen molar-refractivity contribution in [2.24, 2.45) is 0 Å². The number of carbonyl (C=O) groups excluding carboxylic acids is 3. The number of hydrogen-bond acceptors (Lipinski definition) is 6. The second kappa shape index (κ2) is 51.7. The van der Waals surface area contributed by atoms with Crippen LogP contribution in [0.15, 0.2) is 60.8 Å². The maximum atomic E-state index is 12.8. The summed E-state index contributed by atoms with van der Waals surface area (Å²) in [6.45, 7) is 6.57. The zero-order valence-corrected chi connectivity index (χ0v) is 41.6. The van der Waals surface area contributed by atoms with Crippen LogP contribution in [0.2, 0.25) is 0 Å². The van der Waals surface area contributed by atoms with Crippen molar-refractivity contribution in [1.82, 2.24) is 0 Å². The highest BCUT2D eigenvalue weighted by molar-refractivity contribution is 5.71. The van der Waals surface area contributed by atoms with Crippen LogP contribution in [-0.4, -0.2) is 37.2 Å². The second-order valence-electron chi connectivity index (χ2n) is 17.8. The van der Waals surface area contributed by atoms with E-state index in [-0.39, 0.29) is 31.1 Å². The summed E-state index contributed by atoms with van der Waals surface area (Å²) in [7, 11) is 0. The Bertz CT molecular complexity index is 1150. The number of carbonyl (C=O) groups is 3. The number of allylic oxidation sites excluding steroid dienone is 10. The summed E-state index contributed by atoms with van der Waals surface area (Å²) in [5.41, 5.74) is 0. The first-order valence-electron chi connectivity index (χ1n) is 26.8. The average Bonchev–Trinajstić information content (AvgIpc) is 3.28. The van der Waals surface area contributed by atoms with Crippen molar-refractivity contribution in [3.63, 3.8) is 0 Å². The number of hydrogen-bond donors (Lipinski definition) is 0. The Labute approximate surface area is 390 Å². The molecule has 0 bridgehead atoms. The molecule has 0 saturated heterocycles. The van der Waals surface area contributed by atoms with Gasteiger partial charge in [0.25, 0.3) is 0 Å². The van der Waals surface area contributed by atoms with Crippen molar-refractivity contribution in [2.75, 3.05) is 13.2 Å². The minimum Gasteiger partial charge on any atom is -0.462 e. The molecule has 0 amide bonds. The van der Waals surface area contributed by atoms with Crippen LogP contribution in [0.3, 0.4) is 0 Å². The van der Waals surface area contributed by atoms with Crippen molar-refractivity contribution in [3.8, 4) is 0 Å². The van der Waals surface area contributed by atoms with Crippen molar-refractivity contribution < 1.29 is 28.6 Å². The lowest BCUT2D eigenvalue weighted by Crippen LogP contribution is -2.30. The van der Waals surface area contributed by atoms with Crippen molar-refractivity contribution in [1.29, 1.82) is 0 Å². The molecule has 0 aliphatic heterocycles. The smallest absolute Gasteiger partial charge is 0.306 e. The van der Waals surface area contributed by atoms with E-state index in [2.05, 4.69) is 81.5 Å². The monoisotopic (exact) mass is 881 g/mol. The van der Waals surface area contributed by atoms with Crippen molar-refractivity contribution in [3.05, 3.63) is 60.8 Å². The van der Waals surface area contributed by atoms with Gasteiger partial charge in [0.2, 0.25) is 0 Å². The molecule has 0 N–H and O–H groups in total. The predicted molar refractivity (Wildman–Crippen MR) is 270 cm³/mol. The molecule has 0 aliphatic rings. The molecule has 0 saturated carbocycles. The van der Waals surface area contributed by atoms with Gasteiger partial charge in [0.1, 0.15) is 13.2 Å². The number of esters is 3. The van der Waals surface area contributed by atoms with Crippen LogP contribution >= 0.6 is 0 Å². The van der Waals surface area contributed by atoms with Gasteiger partial charge in [0.15, 0.2) is 6.10 Å². The Kier molecular flexibility index (Phi) is 49.4. The van der Waals surface area contributed by atoms with Gasteiger partial charge in [-0.25, -0.2) is 0 Å². The molecule has 0 aromatic carbocycles. The van der Waals surface area contributed by atoms with E-state index in [4.69, 9.17) is 14.2 Å². The molecule has 6 heteroatoms. The number of rotatable bonds is 48. The van der Waals surface area contributed by atoms with Crippen LogP contribution in [0.5, 0.6) is 0 Å². The molecule has 0 aromatic heterocycles. The fourth-order valence-electron chi connectivity index (χ4n) is 7.42. The lowest BCUT2D eigenvalue weighted by molar-refractivity contribution is -0.167. The Morgan fingerprint density at radius 1 is 0.317 bits per heavy atom. The standard InChI is InChI=1S/C57H100O6/c1-4-7-10-13-16-19-22-24-26-27-28-29-31-32-35-38-41-44-47-50-56(59)62-53-54(52-61-55(58)49-46-43-40-37-34-21-18-15-12-9-6-3)63-57(60)51-48-45-42-39-36-33-30-25-23-20-17-14-11-8-5-2/h16,19-20,23-24,26,28-29,32,35,54H,4-15,17-18,21-22,25,27,30-31,33-34,36-53H2,1-3H3/b19-16-,23-20-,26-24-,29-28-,35-32-/t54-/m0/s1. The summed E-state index contributed by atoms with van der Waals surface area (Å²) >= 11 is 0. The number of unbranched alkanes of at least 4 members (excludes halogenated alkanes) is 27. The largest absolute Gasteiger partial charge is 0.462 e. The van der Waals surface area contributed by atoms with Gasteiger partial charge in [-0.15, -0.1) is 0 Å². The second-order valence-corrected chi connectivity index (χ2v) is 17.8. The lowest BCUT2D eigenvalue weighted by Gasteiger charge is -2.18. The fraction of sp³-hybridized carbons (Fsp3) is 0.772. The summed E-state index contributed by atoms with van der Waals surface area (Å²) in [5, 5.41) is 0. The highest BCUT2D eigenvalue weighted by Crippen LogP contribution is 2.15. The molecule has 0 fully saturated rings. The van der Waals surface area contributed by atoms with Crippen LogP contribution in [0.1, 0.15) is 265 Å². The highest BCUT2D eigenvalue weighted by Gasteiger charge is 2.19. The van der Waals surface area contributed by atoms with Gasteiger partial charge in [0.05, 0.1) is 0 Å². The van der Waals surface area contributed by atoms with Crippen molar-refractivity contribution in [2.45, 2.75) is 271 Å². The Morgan fingerprint density at radius 2 is 0.571 bits per heavy atom. The van der Waals surface area contributed by atoms with Gasteiger partial charge in [0, 0.05) is 19.3 Å². The Balaban J connectivity index is 4.41. The molecule has 0 spiro atoms. The van der Waals surface area contributed by atoms with Crippen LogP contribution in [0, 0.1) is 0 Å². The minimum absolute atomic E-state index is 0.0843. The van der Waals surface area contributed by atoms with Crippen LogP contribution in [0.25, 0.3) is 0 Å². The van der Waals surface area contributed by atoms with E-state index >= 15 is 0 Å². The van der Waals surface area contributed by atoms with E-state index in [9.17, 15) is 14.4 Å². The molecule has 364 valence electrons. The average molecular weight is 881 g/mol. The molecular formula is C57H100O6. The van der Waals surface area contributed by atoms with Gasteiger partial charge in [-0.3, -0.25) is 14.4 Å². The van der Waals surface area contributed by atoms with Gasteiger partial charge in [-0.2, -0.15) is 0 Å². The topological polar surface area (TPSA) is 78.9 Å². The third-order valence-corrected chi connectivity index (χ3v) is 11.5. The SMILES string of the molecule is CCCCC/C=C\C/C=C\C/C=C\C/C=C\CCCCCC(=O)OC[C@H](COC(=O)CCCCCCCCCCCCC)OC(=O)CCCCCCCCC/C=C\CCCCCC. The highest BCUT2D eigenvalue weighted by atomic mass is 16.6. The van der Waals surface area contributed by atoms with E-state index in [1.54, 1.807) is 0 Å². The Morgan fingerprint density at radius 3 is 0.968 bits per heavy atom. The predicted octanol–water partition coefficient (Wildman–Crippen LogP) is 17.6. The van der Waals surface area contributed by atoms with E-state index in [0.717, 1.165) is 83.5 Å². The van der Waals surface area contributed by atoms with E-state index in [1.807, 2.05) is 0 Å². The third kappa shape index (κ3) is 50.0. The fourth-order valence-corrected chi connectivity index (χ4v) is 7.42. The van der Waals surface area contributed by atoms with Crippen LogP contribution in [-0.2, 0) is 28.6 Å². The van der Waals surface area contributed by atoms with Crippen LogP contribution < -0.4 is 0 Å². The molecule has 0 aliphatic carbocycles. The Hall–Kier alpha value is -2.89. The van der Waals surface area contributed by atoms with E-state index in [0.29, 0.717) is 19.3 Å². The molecule has 0 unspecified atom stereocenters. The summed E-state index contributed by atoms with van der Waals surface area (Å²) in [6, 6.07) is 0. The third-order valence-electron chi connectivity index (χ3n) is 11.5. The molecule has 0 heterocycles. The summed E-state index contributed by atoms with van der Waals surface area (Å²) in [5.74, 6) is -0.916. The molecule has 63 heavy (non-hydrogen) atoms.